The van der Waals surface area contributed by atoms with Gasteiger partial charge >= 0.3 is 0 Å². The lowest BCUT2D eigenvalue weighted by Gasteiger charge is -2.39. The van der Waals surface area contributed by atoms with Gasteiger partial charge in [0, 0.05) is 32.8 Å². The molecule has 0 aromatic heterocycles. The fourth-order valence-corrected chi connectivity index (χ4v) is 2.61. The van der Waals surface area contributed by atoms with E-state index in [9.17, 15) is 0 Å². The Kier molecular flexibility index (Phi) is 7.77. The molecule has 17 heavy (non-hydrogen) atoms. The van der Waals surface area contributed by atoms with Crippen molar-refractivity contribution < 1.29 is 9.47 Å². The third-order valence-electron chi connectivity index (χ3n) is 3.64. The number of nitrogens with zero attached hydrogens (tertiary/aromatic N) is 1. The summed E-state index contributed by atoms with van der Waals surface area (Å²) < 4.78 is 10.4. The van der Waals surface area contributed by atoms with Crippen molar-refractivity contribution in [2.24, 2.45) is 11.7 Å². The summed E-state index contributed by atoms with van der Waals surface area (Å²) in [4.78, 5) is 2.54. The van der Waals surface area contributed by atoms with E-state index in [2.05, 4.69) is 11.8 Å². The van der Waals surface area contributed by atoms with Crippen molar-refractivity contribution in [1.29, 1.82) is 0 Å². The average molecular weight is 244 g/mol. The molecule has 2 unspecified atom stereocenters. The molecule has 1 aliphatic heterocycles. The summed E-state index contributed by atoms with van der Waals surface area (Å²) in [5.74, 6) is 0.739. The number of nitrogens with two attached hydrogens (primary N) is 1. The fourth-order valence-electron chi connectivity index (χ4n) is 2.61. The van der Waals surface area contributed by atoms with E-state index in [1.165, 1.54) is 19.4 Å². The minimum atomic E-state index is 0.572. The van der Waals surface area contributed by atoms with Crippen LogP contribution in [0.1, 0.15) is 26.2 Å². The van der Waals surface area contributed by atoms with Crippen molar-refractivity contribution >= 4 is 0 Å². The SMILES string of the molecule is COCCOCCCN1CCCC(C)C1CN. The molecule has 0 amide bonds. The van der Waals surface area contributed by atoms with Gasteiger partial charge in [0.25, 0.3) is 0 Å². The fraction of sp³-hybridized carbons (Fsp3) is 1.00. The largest absolute Gasteiger partial charge is 0.382 e. The second kappa shape index (κ2) is 8.86. The zero-order valence-electron chi connectivity index (χ0n) is 11.4. The van der Waals surface area contributed by atoms with Gasteiger partial charge in [-0.25, -0.2) is 0 Å². The van der Waals surface area contributed by atoms with Crippen LogP contribution in [-0.2, 0) is 9.47 Å². The summed E-state index contributed by atoms with van der Waals surface area (Å²) in [5, 5.41) is 0. The zero-order chi connectivity index (χ0) is 12.5. The molecule has 0 bridgehead atoms. The monoisotopic (exact) mass is 244 g/mol. The number of hydrogen-bond acceptors (Lipinski definition) is 4. The highest BCUT2D eigenvalue weighted by Crippen LogP contribution is 2.22. The first-order valence-corrected chi connectivity index (χ1v) is 6.80. The average Bonchev–Trinajstić information content (AvgIpc) is 2.34. The van der Waals surface area contributed by atoms with Gasteiger partial charge in [-0.3, -0.25) is 4.90 Å². The first-order valence-electron chi connectivity index (χ1n) is 6.80. The van der Waals surface area contributed by atoms with Crippen LogP contribution in [0, 0.1) is 5.92 Å². The van der Waals surface area contributed by atoms with Gasteiger partial charge in [-0.15, -0.1) is 0 Å². The molecule has 1 fully saturated rings. The lowest BCUT2D eigenvalue weighted by atomic mass is 9.91. The van der Waals surface area contributed by atoms with Crippen LogP contribution in [-0.4, -0.2) is 57.5 Å². The summed E-state index contributed by atoms with van der Waals surface area (Å²) in [6.45, 7) is 7.62. The predicted molar refractivity (Wildman–Crippen MR) is 70.1 cm³/mol. The van der Waals surface area contributed by atoms with E-state index < -0.39 is 0 Å². The van der Waals surface area contributed by atoms with Crippen molar-refractivity contribution in [3.8, 4) is 0 Å². The van der Waals surface area contributed by atoms with Crippen LogP contribution >= 0.6 is 0 Å². The zero-order valence-corrected chi connectivity index (χ0v) is 11.4. The van der Waals surface area contributed by atoms with Crippen LogP contribution in [0.2, 0.25) is 0 Å². The van der Waals surface area contributed by atoms with Crippen LogP contribution in [0.15, 0.2) is 0 Å². The summed E-state index contributed by atoms with van der Waals surface area (Å²) in [6.07, 6.45) is 3.72. The number of ether oxygens (including phenoxy) is 2. The molecule has 0 aromatic carbocycles. The number of rotatable bonds is 8. The van der Waals surface area contributed by atoms with Gasteiger partial charge in [0.1, 0.15) is 0 Å². The van der Waals surface area contributed by atoms with Crippen LogP contribution < -0.4 is 5.73 Å². The standard InChI is InChI=1S/C13H28N2O2/c1-12-5-3-6-15(13(12)11-14)7-4-8-17-10-9-16-2/h12-13H,3-11,14H2,1-2H3. The second-order valence-corrected chi connectivity index (χ2v) is 4.92. The van der Waals surface area contributed by atoms with Gasteiger partial charge < -0.3 is 15.2 Å². The smallest absolute Gasteiger partial charge is 0.0700 e. The van der Waals surface area contributed by atoms with Crippen LogP contribution in [0.5, 0.6) is 0 Å². The maximum Gasteiger partial charge on any atom is 0.0700 e. The number of hydrogen-bond donors (Lipinski definition) is 1. The highest BCUT2D eigenvalue weighted by atomic mass is 16.5. The number of piperidine rings is 1. The van der Waals surface area contributed by atoms with Crippen molar-refractivity contribution in [3.63, 3.8) is 0 Å². The molecule has 1 rings (SSSR count). The van der Waals surface area contributed by atoms with Crippen LogP contribution in [0.3, 0.4) is 0 Å². The Morgan fingerprint density at radius 3 is 2.82 bits per heavy atom. The number of methoxy groups -OCH3 is 1. The molecule has 0 radical (unpaired) electrons. The van der Waals surface area contributed by atoms with Gasteiger partial charge in [0.05, 0.1) is 13.2 Å². The summed E-state index contributed by atoms with van der Waals surface area (Å²) >= 11 is 0. The Labute approximate surface area is 105 Å². The van der Waals surface area contributed by atoms with Crippen molar-refractivity contribution in [3.05, 3.63) is 0 Å². The van der Waals surface area contributed by atoms with Crippen molar-refractivity contribution in [1.82, 2.24) is 4.90 Å². The maximum atomic E-state index is 5.86. The number of likely N-dealkylation sites (tertiary alicyclic amines) is 1. The molecular formula is C13H28N2O2. The molecule has 0 saturated carbocycles. The first kappa shape index (κ1) is 14.9. The quantitative estimate of drug-likeness (QED) is 0.650. The summed E-state index contributed by atoms with van der Waals surface area (Å²) in [7, 11) is 1.70. The molecule has 2 N–H and O–H groups in total. The Hall–Kier alpha value is -0.160. The molecule has 1 saturated heterocycles. The maximum absolute atomic E-state index is 5.86. The van der Waals surface area contributed by atoms with Crippen LogP contribution in [0.25, 0.3) is 0 Å². The highest BCUT2D eigenvalue weighted by Gasteiger charge is 2.26. The van der Waals surface area contributed by atoms with Crippen molar-refractivity contribution in [2.45, 2.75) is 32.2 Å². The molecule has 102 valence electrons. The molecule has 4 nitrogen and oxygen atoms in total. The van der Waals surface area contributed by atoms with Gasteiger partial charge in [0.2, 0.25) is 0 Å². The molecule has 1 heterocycles. The van der Waals surface area contributed by atoms with Gasteiger partial charge in [-0.1, -0.05) is 6.92 Å². The molecular weight excluding hydrogens is 216 g/mol. The third kappa shape index (κ3) is 5.34. The molecule has 0 aromatic rings. The Morgan fingerprint density at radius 2 is 2.12 bits per heavy atom. The van der Waals surface area contributed by atoms with E-state index in [1.807, 2.05) is 0 Å². The molecule has 1 aliphatic rings. The predicted octanol–water partition coefficient (Wildman–Crippen LogP) is 1.10. The van der Waals surface area contributed by atoms with Crippen molar-refractivity contribution in [2.75, 3.05) is 46.6 Å². The van der Waals surface area contributed by atoms with Gasteiger partial charge in [0.15, 0.2) is 0 Å². The molecule has 0 spiro atoms. The second-order valence-electron chi connectivity index (χ2n) is 4.92. The Morgan fingerprint density at radius 1 is 1.29 bits per heavy atom. The Bertz CT molecular complexity index is 190. The molecule has 4 heteroatoms. The Balaban J connectivity index is 2.12. The van der Waals surface area contributed by atoms with Crippen LogP contribution in [0.4, 0.5) is 0 Å². The lowest BCUT2D eigenvalue weighted by molar-refractivity contribution is 0.0540. The van der Waals surface area contributed by atoms with E-state index in [0.29, 0.717) is 19.3 Å². The minimum absolute atomic E-state index is 0.572. The minimum Gasteiger partial charge on any atom is -0.382 e. The van der Waals surface area contributed by atoms with E-state index in [1.54, 1.807) is 7.11 Å². The topological polar surface area (TPSA) is 47.7 Å². The van der Waals surface area contributed by atoms with E-state index in [-0.39, 0.29) is 0 Å². The summed E-state index contributed by atoms with van der Waals surface area (Å²) in [6, 6.07) is 0.572. The van der Waals surface area contributed by atoms with Gasteiger partial charge in [-0.2, -0.15) is 0 Å². The highest BCUT2D eigenvalue weighted by molar-refractivity contribution is 4.82. The van der Waals surface area contributed by atoms with E-state index in [0.717, 1.165) is 32.0 Å². The normalized spacial score (nSPS) is 26.3. The van der Waals surface area contributed by atoms with Gasteiger partial charge in [-0.05, 0) is 31.7 Å². The lowest BCUT2D eigenvalue weighted by Crippen LogP contribution is -2.49. The summed E-state index contributed by atoms with van der Waals surface area (Å²) in [5.41, 5.74) is 5.86. The first-order chi connectivity index (χ1) is 8.29. The third-order valence-corrected chi connectivity index (χ3v) is 3.64. The van der Waals surface area contributed by atoms with E-state index in [4.69, 9.17) is 15.2 Å². The molecule has 2 atom stereocenters. The van der Waals surface area contributed by atoms with E-state index >= 15 is 0 Å². The molecule has 0 aliphatic carbocycles.